The smallest absolute Gasteiger partial charge is 0.397 e. The van der Waals surface area contributed by atoms with Crippen molar-refractivity contribution < 1.29 is 131 Å². The van der Waals surface area contributed by atoms with Crippen LogP contribution in [0, 0.1) is 39.4 Å². The number of hydrogen-bond donors (Lipinski definition) is 13. The molecule has 1 spiro atoms. The van der Waals surface area contributed by atoms with Gasteiger partial charge in [-0.25, -0.2) is 4.18 Å². The zero-order chi connectivity index (χ0) is 60.4. The Hall–Kier alpha value is -1.76. The second-order valence-electron chi connectivity index (χ2n) is 26.1. The number of esters is 1. The molecule has 13 N–H and O–H groups in total. The Bertz CT molecular complexity index is 2420. The highest BCUT2D eigenvalue weighted by Crippen LogP contribution is 2.77. The van der Waals surface area contributed by atoms with E-state index < -0.39 is 204 Å². The van der Waals surface area contributed by atoms with Gasteiger partial charge >= 0.3 is 16.4 Å². The maximum Gasteiger partial charge on any atom is 0.397 e. The number of ether oxygens (including phenoxy) is 10. The molecule has 5 heterocycles. The minimum Gasteiger partial charge on any atom is -0.456 e. The average molecular weight is 1200 g/mol. The maximum atomic E-state index is 14.5. The molecule has 0 aromatic heterocycles. The molecule has 4 aliphatic carbocycles. The molecule has 9 aliphatic rings. The van der Waals surface area contributed by atoms with Crippen LogP contribution in [0.25, 0.3) is 0 Å². The third-order valence-corrected chi connectivity index (χ3v) is 21.5. The third kappa shape index (κ3) is 10.4. The van der Waals surface area contributed by atoms with Crippen molar-refractivity contribution in [1.29, 1.82) is 0 Å². The van der Waals surface area contributed by atoms with Crippen molar-refractivity contribution in [2.45, 2.75) is 253 Å². The number of cyclic esters (lactones) is 1. The van der Waals surface area contributed by atoms with Crippen LogP contribution in [0.15, 0.2) is 11.6 Å². The van der Waals surface area contributed by atoms with Gasteiger partial charge in [0.2, 0.25) is 0 Å². The number of rotatable bonds is 17. The van der Waals surface area contributed by atoms with Gasteiger partial charge in [0.1, 0.15) is 102 Å². The number of allylic oxidation sites excluding steroid dienone is 1. The van der Waals surface area contributed by atoms with Crippen LogP contribution in [-0.2, 0) is 66.7 Å². The number of carbonyl (C=O) groups is 1. The summed E-state index contributed by atoms with van der Waals surface area (Å²) >= 11 is 0. The second-order valence-corrected chi connectivity index (χ2v) is 27.1. The van der Waals surface area contributed by atoms with E-state index in [4.69, 9.17) is 51.6 Å². The molecule has 5 saturated heterocycles. The lowest BCUT2D eigenvalue weighted by Crippen LogP contribution is -2.68. The zero-order valence-electron chi connectivity index (χ0n) is 47.7. The van der Waals surface area contributed by atoms with E-state index in [1.165, 1.54) is 14.0 Å². The molecule has 0 bridgehead atoms. The van der Waals surface area contributed by atoms with E-state index in [0.29, 0.717) is 32.1 Å². The lowest BCUT2D eigenvalue weighted by Gasteiger charge is -2.64. The SMILES string of the molecule is CO[C@@H]1[C@@H](O)[C@H](O[C@@H]2[C@@H](O)[C@H](O[C@H]3[C@H](O)[C@@H](O)[C@H](O[C@H]4[C@H](O[C@H]5CC[C@]6(C)C7=C[C@H](O)C89C(=O)O[C@@](C)(CCC(O)C(C)C)[C@@]8(O)CC[C@@]9(C)[C@@H]7CC[C@H]6C5(C)C)OC[C@@H](OS(=O)(=O)O)[C@@H]4O)O[C@@H]3C)O[C@H](CO)[C@H]2O)O[C@H](CO)[C@H]1O. The molecule has 8 fully saturated rings. The molecule has 0 amide bonds. The summed E-state index contributed by atoms with van der Waals surface area (Å²) in [4.78, 5) is 14.5. The van der Waals surface area contributed by atoms with Crippen molar-refractivity contribution in [3.63, 3.8) is 0 Å². The van der Waals surface area contributed by atoms with Gasteiger partial charge in [0.15, 0.2) is 25.2 Å². The lowest BCUT2D eigenvalue weighted by molar-refractivity contribution is -0.389. The predicted molar refractivity (Wildman–Crippen MR) is 275 cm³/mol. The van der Waals surface area contributed by atoms with Crippen LogP contribution >= 0.6 is 0 Å². The summed E-state index contributed by atoms with van der Waals surface area (Å²) in [5.74, 6) is -1.08. The van der Waals surface area contributed by atoms with Gasteiger partial charge in [-0.15, -0.1) is 0 Å². The van der Waals surface area contributed by atoms with Crippen LogP contribution in [0.2, 0.25) is 0 Å². The van der Waals surface area contributed by atoms with Crippen LogP contribution in [0.5, 0.6) is 0 Å². The monoisotopic (exact) mass is 1200 g/mol. The minimum absolute atomic E-state index is 0.0583. The molecule has 5 aliphatic heterocycles. The summed E-state index contributed by atoms with van der Waals surface area (Å²) in [6, 6.07) is 0. The first-order chi connectivity index (χ1) is 38.2. The molecule has 27 nitrogen and oxygen atoms in total. The molecule has 9 rings (SSSR count). The molecule has 0 aromatic rings. The molecule has 0 radical (unpaired) electrons. The van der Waals surface area contributed by atoms with E-state index in [1.807, 2.05) is 34.6 Å². The summed E-state index contributed by atoms with van der Waals surface area (Å²) in [6.07, 6.45) is -30.2. The first-order valence-corrected chi connectivity index (χ1v) is 30.0. The van der Waals surface area contributed by atoms with E-state index in [9.17, 15) is 79.0 Å². The van der Waals surface area contributed by atoms with Gasteiger partial charge < -0.3 is 109 Å². The summed E-state index contributed by atoms with van der Waals surface area (Å²) in [6.45, 7) is 12.8. The van der Waals surface area contributed by atoms with Crippen LogP contribution in [0.4, 0.5) is 0 Å². The normalized spacial score (nSPS) is 51.6. The highest BCUT2D eigenvalue weighted by Gasteiger charge is 2.85. The number of aliphatic hydroxyl groups is 12. The highest BCUT2D eigenvalue weighted by molar-refractivity contribution is 7.80. The maximum absolute atomic E-state index is 14.5. The highest BCUT2D eigenvalue weighted by atomic mass is 32.3. The fourth-order valence-electron chi connectivity index (χ4n) is 16.3. The summed E-state index contributed by atoms with van der Waals surface area (Å²) < 4.78 is 97.8. The molecule has 472 valence electrons. The Balaban J connectivity index is 0.912. The number of methoxy groups -OCH3 is 1. The van der Waals surface area contributed by atoms with E-state index in [-0.39, 0.29) is 37.0 Å². The predicted octanol–water partition coefficient (Wildman–Crippen LogP) is -2.42. The Kier molecular flexibility index (Phi) is 18.4. The zero-order valence-corrected chi connectivity index (χ0v) is 48.5. The Morgan fingerprint density at radius 2 is 1.29 bits per heavy atom. The van der Waals surface area contributed by atoms with Crippen LogP contribution in [-0.4, -0.2) is 253 Å². The van der Waals surface area contributed by atoms with Crippen molar-refractivity contribution >= 4 is 16.4 Å². The number of aliphatic hydroxyl groups excluding tert-OH is 11. The van der Waals surface area contributed by atoms with Gasteiger partial charge in [0.05, 0.1) is 44.2 Å². The fourth-order valence-corrected chi connectivity index (χ4v) is 16.8. The third-order valence-electron chi connectivity index (χ3n) is 21.0. The fraction of sp³-hybridized carbons (Fsp3) is 0.944. The van der Waals surface area contributed by atoms with Crippen molar-refractivity contribution in [2.75, 3.05) is 26.9 Å². The van der Waals surface area contributed by atoms with E-state index in [0.717, 1.165) is 5.57 Å². The van der Waals surface area contributed by atoms with Crippen molar-refractivity contribution in [3.8, 4) is 0 Å². The summed E-state index contributed by atoms with van der Waals surface area (Å²) in [5.41, 5.74) is -6.01. The molecule has 3 saturated carbocycles. The van der Waals surface area contributed by atoms with Crippen molar-refractivity contribution in [3.05, 3.63) is 11.6 Å². The minimum atomic E-state index is -5.20. The quantitative estimate of drug-likeness (QED) is 0.0312. The van der Waals surface area contributed by atoms with Crippen molar-refractivity contribution in [2.24, 2.45) is 39.4 Å². The first kappa shape index (κ1) is 64.7. The molecule has 82 heavy (non-hydrogen) atoms. The molecular formula is C54H88O27S. The van der Waals surface area contributed by atoms with Crippen LogP contribution in [0.3, 0.4) is 0 Å². The van der Waals surface area contributed by atoms with Gasteiger partial charge in [0.25, 0.3) is 0 Å². The van der Waals surface area contributed by atoms with E-state index >= 15 is 0 Å². The first-order valence-electron chi connectivity index (χ1n) is 28.6. The van der Waals surface area contributed by atoms with Gasteiger partial charge in [-0.2, -0.15) is 8.42 Å². The van der Waals surface area contributed by atoms with Gasteiger partial charge in [0, 0.05) is 7.11 Å². The number of carbonyl (C=O) groups excluding carboxylic acids is 1. The standard InChI is InChI=1S/C54H88O27S/c1-22(2)26(57)12-15-52(8)53(67)17-16-51(7)24-10-11-30-49(4,5)32(13-14-50(30,6)25(24)18-31(58)54(51,53)48(66)80-52)76-47-43(35(61)29(21-72-47)81-82(68,69)70)79-44-37(63)36(62)40(23(3)73-44)77-46-39(65)42(34(60)28(20-56)75-46)78-45-38(64)41(71-9)33(59)27(19-55)74-45/h18,22-24,26-47,55-65,67H,10-17,19-21H2,1-9H3,(H,68,69,70)/t23-,24-,26?,27-,28-,29-,30+,31+,32+,33-,34-,35+,36-,37-,38-,39-,40-,41+,42+,43-,44+,45+,46+,47+,50-,51+,52+,53+,54?/m1/s1. The number of fused-ring (bicyclic) bond motifs is 4. The number of hydrogen-bond acceptors (Lipinski definition) is 26. The summed E-state index contributed by atoms with van der Waals surface area (Å²) in [5, 5.41) is 135. The Labute approximate surface area is 476 Å². The van der Waals surface area contributed by atoms with Gasteiger partial charge in [-0.1, -0.05) is 53.2 Å². The Morgan fingerprint density at radius 3 is 1.89 bits per heavy atom. The van der Waals surface area contributed by atoms with E-state index in [2.05, 4.69) is 6.92 Å². The van der Waals surface area contributed by atoms with Gasteiger partial charge in [-0.05, 0) is 99.2 Å². The second kappa shape index (κ2) is 23.3. The molecule has 28 heteroatoms. The Morgan fingerprint density at radius 1 is 0.707 bits per heavy atom. The molecule has 29 atom stereocenters. The topological polar surface area (TPSA) is 416 Å². The lowest BCUT2D eigenvalue weighted by atomic mass is 9.40. The molecular weight excluding hydrogens is 1110 g/mol. The molecule has 0 aromatic carbocycles. The van der Waals surface area contributed by atoms with Crippen LogP contribution < -0.4 is 0 Å². The average Bonchev–Trinajstić information content (AvgIpc) is 1.45. The molecule has 2 unspecified atom stereocenters. The van der Waals surface area contributed by atoms with E-state index in [1.54, 1.807) is 13.0 Å². The van der Waals surface area contributed by atoms with Crippen LogP contribution in [0.1, 0.15) is 107 Å². The summed E-state index contributed by atoms with van der Waals surface area (Å²) in [7, 11) is -4.02. The largest absolute Gasteiger partial charge is 0.456 e. The van der Waals surface area contributed by atoms with Gasteiger partial charge in [-0.3, -0.25) is 9.35 Å². The van der Waals surface area contributed by atoms with Crippen molar-refractivity contribution in [1.82, 2.24) is 0 Å².